The van der Waals surface area contributed by atoms with Crippen molar-refractivity contribution >= 4 is 5.91 Å². The summed E-state index contributed by atoms with van der Waals surface area (Å²) >= 11 is 0. The summed E-state index contributed by atoms with van der Waals surface area (Å²) in [6, 6.07) is 4.68. The zero-order valence-electron chi connectivity index (χ0n) is 13.4. The highest BCUT2D eigenvalue weighted by Gasteiger charge is 2.46. The van der Waals surface area contributed by atoms with Gasteiger partial charge in [0, 0.05) is 6.92 Å². The van der Waals surface area contributed by atoms with Gasteiger partial charge in [-0.1, -0.05) is 12.1 Å². The van der Waals surface area contributed by atoms with Gasteiger partial charge in [-0.2, -0.15) is 0 Å². The molecule has 1 aliphatic heterocycles. The number of aliphatic hydroxyl groups excluding tert-OH is 3. The first-order chi connectivity index (χ1) is 10.8. The summed E-state index contributed by atoms with van der Waals surface area (Å²) in [6.45, 7) is 4.60. The van der Waals surface area contributed by atoms with Crippen LogP contribution in [0.15, 0.2) is 18.2 Å². The molecule has 1 amide bonds. The summed E-state index contributed by atoms with van der Waals surface area (Å²) < 4.78 is 11.3. The third-order valence-electron chi connectivity index (χ3n) is 3.84. The normalized spacial score (nSPS) is 30.8. The molecule has 1 aromatic carbocycles. The van der Waals surface area contributed by atoms with Gasteiger partial charge in [0.25, 0.3) is 0 Å². The molecule has 0 saturated carbocycles. The monoisotopic (exact) mass is 325 g/mol. The minimum atomic E-state index is -1.32. The molecule has 0 radical (unpaired) electrons. The minimum absolute atomic E-state index is 0.387. The van der Waals surface area contributed by atoms with E-state index in [4.69, 9.17) is 9.47 Å². The van der Waals surface area contributed by atoms with E-state index < -0.39 is 37.3 Å². The topological polar surface area (TPSA) is 108 Å². The number of benzene rings is 1. The number of carbonyl (C=O) groups excluding carboxylic acids is 1. The van der Waals surface area contributed by atoms with Crippen molar-refractivity contribution in [2.75, 3.05) is 6.61 Å². The molecule has 2 rings (SSSR count). The van der Waals surface area contributed by atoms with Crippen LogP contribution in [0.5, 0.6) is 5.75 Å². The van der Waals surface area contributed by atoms with E-state index in [2.05, 4.69) is 5.32 Å². The molecule has 1 saturated heterocycles. The second kappa shape index (κ2) is 7.27. The molecule has 1 fully saturated rings. The highest BCUT2D eigenvalue weighted by molar-refractivity contribution is 5.73. The predicted octanol–water partition coefficient (Wildman–Crippen LogP) is -0.374. The van der Waals surface area contributed by atoms with Crippen LogP contribution in [-0.4, -0.2) is 58.5 Å². The van der Waals surface area contributed by atoms with Gasteiger partial charge in [-0.3, -0.25) is 4.79 Å². The molecular formula is C16H23NO6. The van der Waals surface area contributed by atoms with Crippen LogP contribution in [0, 0.1) is 13.8 Å². The van der Waals surface area contributed by atoms with Gasteiger partial charge < -0.3 is 30.1 Å². The van der Waals surface area contributed by atoms with Gasteiger partial charge in [0.15, 0.2) is 0 Å². The van der Waals surface area contributed by atoms with E-state index >= 15 is 0 Å². The van der Waals surface area contributed by atoms with E-state index in [1.54, 1.807) is 0 Å². The summed E-state index contributed by atoms with van der Waals surface area (Å²) in [5, 5.41) is 32.0. The number of ether oxygens (including phenoxy) is 2. The fourth-order valence-electron chi connectivity index (χ4n) is 2.53. The van der Waals surface area contributed by atoms with Crippen LogP contribution in [0.4, 0.5) is 0 Å². The van der Waals surface area contributed by atoms with Crippen molar-refractivity contribution in [3.05, 3.63) is 29.3 Å². The number of carbonyl (C=O) groups is 1. The summed E-state index contributed by atoms with van der Waals surface area (Å²) in [5.74, 6) is 0.160. The Morgan fingerprint density at radius 3 is 2.61 bits per heavy atom. The fraction of sp³-hybridized carbons (Fsp3) is 0.562. The lowest BCUT2D eigenvalue weighted by atomic mass is 9.97. The Bertz CT molecular complexity index is 564. The van der Waals surface area contributed by atoms with Gasteiger partial charge in [0.2, 0.25) is 12.2 Å². The Balaban J connectivity index is 2.27. The van der Waals surface area contributed by atoms with Gasteiger partial charge >= 0.3 is 0 Å². The predicted molar refractivity (Wildman–Crippen MR) is 81.9 cm³/mol. The van der Waals surface area contributed by atoms with Crippen LogP contribution in [-0.2, 0) is 9.53 Å². The third-order valence-corrected chi connectivity index (χ3v) is 3.84. The average Bonchev–Trinajstić information content (AvgIpc) is 2.49. The minimum Gasteiger partial charge on any atom is -0.462 e. The van der Waals surface area contributed by atoms with E-state index in [-0.39, 0.29) is 5.91 Å². The van der Waals surface area contributed by atoms with Crippen LogP contribution >= 0.6 is 0 Å². The van der Waals surface area contributed by atoms with Crippen LogP contribution in [0.2, 0.25) is 0 Å². The maximum Gasteiger partial charge on any atom is 0.223 e. The Morgan fingerprint density at radius 2 is 2.00 bits per heavy atom. The molecule has 1 aromatic rings. The van der Waals surface area contributed by atoms with E-state index in [1.807, 2.05) is 32.0 Å². The van der Waals surface area contributed by atoms with Crippen LogP contribution in [0.25, 0.3) is 0 Å². The van der Waals surface area contributed by atoms with Crippen molar-refractivity contribution in [2.45, 2.75) is 51.4 Å². The zero-order valence-corrected chi connectivity index (χ0v) is 13.4. The van der Waals surface area contributed by atoms with Crippen molar-refractivity contribution < 1.29 is 29.6 Å². The first-order valence-corrected chi connectivity index (χ1v) is 7.47. The van der Waals surface area contributed by atoms with E-state index in [0.717, 1.165) is 11.1 Å². The lowest BCUT2D eigenvalue weighted by molar-refractivity contribution is -0.244. The van der Waals surface area contributed by atoms with Crippen molar-refractivity contribution in [1.82, 2.24) is 5.32 Å². The maximum atomic E-state index is 11.4. The van der Waals surface area contributed by atoms with Crippen molar-refractivity contribution in [3.63, 3.8) is 0 Å². The van der Waals surface area contributed by atoms with Gasteiger partial charge in [-0.15, -0.1) is 0 Å². The lowest BCUT2D eigenvalue weighted by Gasteiger charge is -2.42. The molecule has 23 heavy (non-hydrogen) atoms. The first kappa shape index (κ1) is 17.7. The van der Waals surface area contributed by atoms with Crippen LogP contribution in [0.3, 0.4) is 0 Å². The number of aryl methyl sites for hydroxylation is 2. The largest absolute Gasteiger partial charge is 0.462 e. The Hall–Kier alpha value is -1.67. The maximum absolute atomic E-state index is 11.4. The number of amides is 1. The van der Waals surface area contributed by atoms with E-state index in [1.165, 1.54) is 6.92 Å². The quantitative estimate of drug-likeness (QED) is 0.601. The summed E-state index contributed by atoms with van der Waals surface area (Å²) in [7, 11) is 0. The van der Waals surface area contributed by atoms with Crippen LogP contribution < -0.4 is 10.1 Å². The molecule has 7 heteroatoms. The Morgan fingerprint density at radius 1 is 1.30 bits per heavy atom. The summed E-state index contributed by atoms with van der Waals surface area (Å²) in [4.78, 5) is 11.4. The van der Waals surface area contributed by atoms with E-state index in [9.17, 15) is 20.1 Å². The molecule has 1 heterocycles. The van der Waals surface area contributed by atoms with Gasteiger partial charge in [0.05, 0.1) is 6.61 Å². The zero-order chi connectivity index (χ0) is 17.1. The molecule has 0 aromatic heterocycles. The SMILES string of the molecule is CC(=O)N[C@H]1[C@@H](Oc2cc(C)ccc2C)O[C@@H](CO)[C@@H](O)[C@H]1O. The molecule has 0 spiro atoms. The fourth-order valence-corrected chi connectivity index (χ4v) is 2.53. The second-order valence-corrected chi connectivity index (χ2v) is 5.82. The molecule has 0 aliphatic carbocycles. The van der Waals surface area contributed by atoms with Crippen molar-refractivity contribution in [2.24, 2.45) is 0 Å². The Labute approximate surface area is 134 Å². The Kier molecular flexibility index (Phi) is 5.59. The molecular weight excluding hydrogens is 302 g/mol. The molecule has 5 atom stereocenters. The average molecular weight is 325 g/mol. The number of aliphatic hydroxyl groups is 3. The third kappa shape index (κ3) is 4.00. The van der Waals surface area contributed by atoms with E-state index in [0.29, 0.717) is 5.75 Å². The second-order valence-electron chi connectivity index (χ2n) is 5.82. The van der Waals surface area contributed by atoms with Gasteiger partial charge in [-0.25, -0.2) is 0 Å². The standard InChI is InChI=1S/C16H23NO6/c1-8-4-5-9(2)11(6-8)22-16-13(17-10(3)19)15(21)14(20)12(7-18)23-16/h4-6,12-16,18,20-21H,7H2,1-3H3,(H,17,19)/t12-,13+,14+,15-,16-/m0/s1. The molecule has 1 aliphatic rings. The summed E-state index contributed by atoms with van der Waals surface area (Å²) in [5.41, 5.74) is 1.85. The number of hydrogen-bond acceptors (Lipinski definition) is 6. The van der Waals surface area contributed by atoms with Crippen molar-refractivity contribution in [1.29, 1.82) is 0 Å². The van der Waals surface area contributed by atoms with Gasteiger partial charge in [0.1, 0.15) is 30.1 Å². The smallest absolute Gasteiger partial charge is 0.223 e. The molecule has 0 unspecified atom stereocenters. The van der Waals surface area contributed by atoms with Gasteiger partial charge in [-0.05, 0) is 31.0 Å². The first-order valence-electron chi connectivity index (χ1n) is 7.47. The lowest BCUT2D eigenvalue weighted by Crippen LogP contribution is -2.65. The molecule has 4 N–H and O–H groups in total. The number of rotatable bonds is 4. The highest BCUT2D eigenvalue weighted by Crippen LogP contribution is 2.27. The molecule has 128 valence electrons. The number of hydrogen-bond donors (Lipinski definition) is 4. The van der Waals surface area contributed by atoms with Crippen LogP contribution in [0.1, 0.15) is 18.1 Å². The molecule has 7 nitrogen and oxygen atoms in total. The number of nitrogens with one attached hydrogen (secondary N) is 1. The summed E-state index contributed by atoms with van der Waals surface area (Å²) in [6.07, 6.45) is -4.67. The molecule has 0 bridgehead atoms. The highest BCUT2D eigenvalue weighted by atomic mass is 16.7. The van der Waals surface area contributed by atoms with Crippen molar-refractivity contribution in [3.8, 4) is 5.75 Å².